The number of nitrogens with two attached hydrogens (primary N) is 1. The van der Waals surface area contributed by atoms with Crippen molar-refractivity contribution in [3.05, 3.63) is 18.1 Å². The first-order valence-corrected chi connectivity index (χ1v) is 6.78. The van der Waals surface area contributed by atoms with E-state index in [4.69, 9.17) is 5.73 Å². The summed E-state index contributed by atoms with van der Waals surface area (Å²) in [5.41, 5.74) is 5.65. The van der Waals surface area contributed by atoms with Gasteiger partial charge >= 0.3 is 0 Å². The van der Waals surface area contributed by atoms with E-state index in [2.05, 4.69) is 34.0 Å². The summed E-state index contributed by atoms with van der Waals surface area (Å²) in [6.45, 7) is 6.00. The van der Waals surface area contributed by atoms with Gasteiger partial charge in [0.05, 0.1) is 0 Å². The van der Waals surface area contributed by atoms with Gasteiger partial charge in [0, 0.05) is 37.6 Å². The molecule has 6 heteroatoms. The molecule has 0 radical (unpaired) electrons. The molecule has 2 atom stereocenters. The zero-order chi connectivity index (χ0) is 13.8. The van der Waals surface area contributed by atoms with Crippen LogP contribution in [0.3, 0.4) is 0 Å². The Morgan fingerprint density at radius 1 is 1.42 bits per heavy atom. The van der Waals surface area contributed by atoms with Gasteiger partial charge in [0.15, 0.2) is 11.5 Å². The van der Waals surface area contributed by atoms with Crippen molar-refractivity contribution in [1.29, 1.82) is 0 Å². The number of anilines is 1. The number of nitrogens with zero attached hydrogens (tertiary/aromatic N) is 3. The predicted octanol–water partition coefficient (Wildman–Crippen LogP) is 0.542. The fourth-order valence-electron chi connectivity index (χ4n) is 2.48. The molecule has 0 bridgehead atoms. The second-order valence-corrected chi connectivity index (χ2v) is 4.82. The zero-order valence-electron chi connectivity index (χ0n) is 11.5. The standard InChI is InChI=1S/C13H21N5O/c1-3-9-8-18(10(4-2)7-17-9)13-11(12(14)19)15-5-6-16-13/h5-6,9-10,17H,3-4,7-8H2,1-2H3,(H2,14,19). The zero-order valence-corrected chi connectivity index (χ0v) is 11.5. The Morgan fingerprint density at radius 3 is 2.79 bits per heavy atom. The highest BCUT2D eigenvalue weighted by Gasteiger charge is 2.29. The maximum atomic E-state index is 11.5. The van der Waals surface area contributed by atoms with Crippen molar-refractivity contribution in [3.8, 4) is 0 Å². The van der Waals surface area contributed by atoms with Gasteiger partial charge in [-0.15, -0.1) is 0 Å². The number of amides is 1. The van der Waals surface area contributed by atoms with Gasteiger partial charge < -0.3 is 16.0 Å². The molecule has 0 saturated carbocycles. The summed E-state index contributed by atoms with van der Waals surface area (Å²) in [5, 5.41) is 3.51. The Hall–Kier alpha value is -1.69. The first-order chi connectivity index (χ1) is 9.17. The van der Waals surface area contributed by atoms with Crippen molar-refractivity contribution in [1.82, 2.24) is 15.3 Å². The van der Waals surface area contributed by atoms with E-state index in [0.29, 0.717) is 17.9 Å². The summed E-state index contributed by atoms with van der Waals surface area (Å²) in [5.74, 6) is 0.0892. The van der Waals surface area contributed by atoms with Crippen LogP contribution in [0.4, 0.5) is 5.82 Å². The van der Waals surface area contributed by atoms with Crippen LogP contribution in [-0.4, -0.2) is 41.0 Å². The normalized spacial score (nSPS) is 23.4. The number of carbonyl (C=O) groups excluding carboxylic acids is 1. The third kappa shape index (κ3) is 2.84. The lowest BCUT2D eigenvalue weighted by Crippen LogP contribution is -2.57. The monoisotopic (exact) mass is 263 g/mol. The van der Waals surface area contributed by atoms with Crippen molar-refractivity contribution < 1.29 is 4.79 Å². The number of hydrogen-bond donors (Lipinski definition) is 2. The molecule has 1 aromatic rings. The van der Waals surface area contributed by atoms with Crippen LogP contribution in [0.2, 0.25) is 0 Å². The van der Waals surface area contributed by atoms with Crippen LogP contribution < -0.4 is 16.0 Å². The summed E-state index contributed by atoms with van der Waals surface area (Å²) in [4.78, 5) is 22.1. The molecule has 0 spiro atoms. The van der Waals surface area contributed by atoms with Gasteiger partial charge in [-0.1, -0.05) is 13.8 Å². The van der Waals surface area contributed by atoms with E-state index < -0.39 is 5.91 Å². The van der Waals surface area contributed by atoms with E-state index in [-0.39, 0.29) is 5.69 Å². The molecule has 1 aliphatic heterocycles. The second-order valence-electron chi connectivity index (χ2n) is 4.82. The molecule has 1 aliphatic rings. The Balaban J connectivity index is 2.33. The first-order valence-electron chi connectivity index (χ1n) is 6.78. The lowest BCUT2D eigenvalue weighted by Gasteiger charge is -2.41. The lowest BCUT2D eigenvalue weighted by atomic mass is 10.0. The number of piperazine rings is 1. The highest BCUT2D eigenvalue weighted by molar-refractivity contribution is 5.95. The number of rotatable bonds is 4. The summed E-state index contributed by atoms with van der Waals surface area (Å²) < 4.78 is 0. The van der Waals surface area contributed by atoms with Crippen molar-refractivity contribution in [2.24, 2.45) is 5.73 Å². The molecule has 104 valence electrons. The minimum absolute atomic E-state index is 0.262. The molecule has 1 aromatic heterocycles. The molecule has 19 heavy (non-hydrogen) atoms. The molecule has 3 N–H and O–H groups in total. The Bertz CT molecular complexity index is 450. The molecule has 0 aromatic carbocycles. The van der Waals surface area contributed by atoms with Crippen LogP contribution in [0.25, 0.3) is 0 Å². The number of hydrogen-bond acceptors (Lipinski definition) is 5. The average molecular weight is 263 g/mol. The molecule has 2 rings (SSSR count). The summed E-state index contributed by atoms with van der Waals surface area (Å²) >= 11 is 0. The van der Waals surface area contributed by atoms with Gasteiger partial charge in [0.2, 0.25) is 0 Å². The van der Waals surface area contributed by atoms with Gasteiger partial charge in [-0.25, -0.2) is 9.97 Å². The van der Waals surface area contributed by atoms with Gasteiger partial charge in [0.1, 0.15) is 0 Å². The van der Waals surface area contributed by atoms with E-state index in [1.54, 1.807) is 6.20 Å². The Labute approximate surface area is 113 Å². The second kappa shape index (κ2) is 5.97. The Kier molecular flexibility index (Phi) is 4.31. The molecule has 2 unspecified atom stereocenters. The van der Waals surface area contributed by atoms with Crippen molar-refractivity contribution in [3.63, 3.8) is 0 Å². The first kappa shape index (κ1) is 13.7. The highest BCUT2D eigenvalue weighted by atomic mass is 16.1. The van der Waals surface area contributed by atoms with Gasteiger partial charge in [-0.3, -0.25) is 4.79 Å². The number of carbonyl (C=O) groups is 1. The van der Waals surface area contributed by atoms with Crippen LogP contribution in [0.15, 0.2) is 12.4 Å². The topological polar surface area (TPSA) is 84.1 Å². The van der Waals surface area contributed by atoms with Crippen LogP contribution >= 0.6 is 0 Å². The predicted molar refractivity (Wildman–Crippen MR) is 74.1 cm³/mol. The molecule has 0 aliphatic carbocycles. The van der Waals surface area contributed by atoms with Crippen LogP contribution in [-0.2, 0) is 0 Å². The molecule has 6 nitrogen and oxygen atoms in total. The molecule has 1 amide bonds. The fourth-order valence-corrected chi connectivity index (χ4v) is 2.48. The van der Waals surface area contributed by atoms with Gasteiger partial charge in [-0.2, -0.15) is 0 Å². The SMILES string of the molecule is CCC1CN(c2nccnc2C(N)=O)C(CC)CN1. The lowest BCUT2D eigenvalue weighted by molar-refractivity contribution is 0.0995. The number of primary amides is 1. The van der Waals surface area contributed by atoms with Crippen LogP contribution in [0.1, 0.15) is 37.2 Å². The average Bonchev–Trinajstić information content (AvgIpc) is 2.46. The van der Waals surface area contributed by atoms with Crippen molar-refractivity contribution in [2.75, 3.05) is 18.0 Å². The summed E-state index contributed by atoms with van der Waals surface area (Å²) in [6, 6.07) is 0.725. The van der Waals surface area contributed by atoms with Gasteiger partial charge in [0.25, 0.3) is 5.91 Å². The smallest absolute Gasteiger partial charge is 0.271 e. The van der Waals surface area contributed by atoms with E-state index in [1.165, 1.54) is 6.20 Å². The fraction of sp³-hybridized carbons (Fsp3) is 0.615. The largest absolute Gasteiger partial charge is 0.364 e. The van der Waals surface area contributed by atoms with Crippen LogP contribution in [0, 0.1) is 0 Å². The third-order valence-corrected chi connectivity index (χ3v) is 3.65. The third-order valence-electron chi connectivity index (χ3n) is 3.65. The van der Waals surface area contributed by atoms with Gasteiger partial charge in [-0.05, 0) is 12.8 Å². The molecular weight excluding hydrogens is 242 g/mol. The van der Waals surface area contributed by atoms with Crippen molar-refractivity contribution in [2.45, 2.75) is 38.8 Å². The Morgan fingerprint density at radius 2 is 2.16 bits per heavy atom. The minimum atomic E-state index is -0.524. The molecular formula is C13H21N5O. The summed E-state index contributed by atoms with van der Waals surface area (Å²) in [6.07, 6.45) is 5.14. The maximum absolute atomic E-state index is 11.5. The highest BCUT2D eigenvalue weighted by Crippen LogP contribution is 2.22. The quantitative estimate of drug-likeness (QED) is 0.828. The van der Waals surface area contributed by atoms with E-state index in [9.17, 15) is 4.79 Å². The van der Waals surface area contributed by atoms with Crippen LogP contribution in [0.5, 0.6) is 0 Å². The minimum Gasteiger partial charge on any atom is -0.364 e. The molecule has 1 saturated heterocycles. The van der Waals surface area contributed by atoms with E-state index >= 15 is 0 Å². The molecule has 1 fully saturated rings. The summed E-state index contributed by atoms with van der Waals surface area (Å²) in [7, 11) is 0. The number of aromatic nitrogens is 2. The number of nitrogens with one attached hydrogen (secondary N) is 1. The molecule has 2 heterocycles. The van der Waals surface area contributed by atoms with E-state index in [1.807, 2.05) is 0 Å². The van der Waals surface area contributed by atoms with Crippen molar-refractivity contribution >= 4 is 11.7 Å². The van der Waals surface area contributed by atoms with E-state index in [0.717, 1.165) is 25.9 Å². The maximum Gasteiger partial charge on any atom is 0.271 e.